The van der Waals surface area contributed by atoms with Gasteiger partial charge in [0.05, 0.1) is 5.41 Å². The Bertz CT molecular complexity index is 752. The molecule has 0 heterocycles. The van der Waals surface area contributed by atoms with E-state index in [9.17, 15) is 9.59 Å². The number of rotatable bonds is 4. The number of nitrogens with one attached hydrogen (secondary N) is 2. The number of halogens is 1. The number of hydrogen-bond acceptors (Lipinski definition) is 2. The van der Waals surface area contributed by atoms with Crippen LogP contribution in [-0.2, 0) is 10.2 Å². The summed E-state index contributed by atoms with van der Waals surface area (Å²) in [5, 5.41) is 6.15. The van der Waals surface area contributed by atoms with Gasteiger partial charge in [-0.15, -0.1) is 0 Å². The van der Waals surface area contributed by atoms with E-state index in [0.29, 0.717) is 16.3 Å². The summed E-state index contributed by atoms with van der Waals surface area (Å²) in [5.41, 5.74) is 1.63. The van der Waals surface area contributed by atoms with Crippen LogP contribution < -0.4 is 10.6 Å². The smallest absolute Gasteiger partial charge is 0.251 e. The molecule has 1 fully saturated rings. The first-order valence-corrected chi connectivity index (χ1v) is 7.83. The molecule has 118 valence electrons. The van der Waals surface area contributed by atoms with Gasteiger partial charge in [-0.1, -0.05) is 29.8 Å². The summed E-state index contributed by atoms with van der Waals surface area (Å²) in [6, 6.07) is 14.3. The molecule has 0 saturated heterocycles. The molecule has 0 aliphatic heterocycles. The van der Waals surface area contributed by atoms with Crippen LogP contribution >= 0.6 is 11.6 Å². The van der Waals surface area contributed by atoms with E-state index in [1.165, 1.54) is 0 Å². The molecule has 0 bridgehead atoms. The highest BCUT2D eigenvalue weighted by Gasteiger charge is 2.51. The zero-order valence-corrected chi connectivity index (χ0v) is 13.5. The van der Waals surface area contributed by atoms with E-state index in [-0.39, 0.29) is 11.8 Å². The Hall–Kier alpha value is -2.33. The maximum Gasteiger partial charge on any atom is 0.251 e. The molecule has 2 amide bonds. The van der Waals surface area contributed by atoms with Crippen molar-refractivity contribution in [3.05, 3.63) is 64.7 Å². The van der Waals surface area contributed by atoms with Gasteiger partial charge in [0.1, 0.15) is 0 Å². The molecule has 2 N–H and O–H groups in total. The van der Waals surface area contributed by atoms with Gasteiger partial charge in [-0.25, -0.2) is 0 Å². The number of benzene rings is 2. The molecular formula is C18H17ClN2O2. The van der Waals surface area contributed by atoms with Crippen LogP contribution in [0.4, 0.5) is 5.69 Å². The van der Waals surface area contributed by atoms with Gasteiger partial charge < -0.3 is 10.6 Å². The molecule has 2 aromatic carbocycles. The van der Waals surface area contributed by atoms with Crippen LogP contribution in [0.5, 0.6) is 0 Å². The summed E-state index contributed by atoms with van der Waals surface area (Å²) in [5.74, 6) is -0.228. The Labute approximate surface area is 139 Å². The molecule has 4 nitrogen and oxygen atoms in total. The summed E-state index contributed by atoms with van der Waals surface area (Å²) >= 11 is 5.91. The SMILES string of the molecule is CNC(=O)c1cccc(NC(=O)C2(c3ccc(Cl)cc3)CC2)c1. The summed E-state index contributed by atoms with van der Waals surface area (Å²) in [4.78, 5) is 24.4. The Morgan fingerprint density at radius 3 is 2.39 bits per heavy atom. The van der Waals surface area contributed by atoms with Crippen LogP contribution in [0, 0.1) is 0 Å². The van der Waals surface area contributed by atoms with Crippen molar-refractivity contribution in [3.8, 4) is 0 Å². The van der Waals surface area contributed by atoms with Gasteiger partial charge in [-0.05, 0) is 48.7 Å². The third kappa shape index (κ3) is 3.08. The fourth-order valence-corrected chi connectivity index (χ4v) is 2.80. The normalized spacial score (nSPS) is 14.9. The van der Waals surface area contributed by atoms with Crippen LogP contribution in [0.3, 0.4) is 0 Å². The first kappa shape index (κ1) is 15.6. The molecule has 5 heteroatoms. The van der Waals surface area contributed by atoms with Gasteiger partial charge >= 0.3 is 0 Å². The van der Waals surface area contributed by atoms with Gasteiger partial charge in [0, 0.05) is 23.3 Å². The van der Waals surface area contributed by atoms with Crippen LogP contribution in [-0.4, -0.2) is 18.9 Å². The molecule has 23 heavy (non-hydrogen) atoms. The molecule has 1 saturated carbocycles. The molecule has 0 aromatic heterocycles. The van der Waals surface area contributed by atoms with Gasteiger partial charge in [-0.2, -0.15) is 0 Å². The second-order valence-electron chi connectivity index (χ2n) is 5.70. The van der Waals surface area contributed by atoms with E-state index in [0.717, 1.165) is 18.4 Å². The van der Waals surface area contributed by atoms with Crippen molar-refractivity contribution in [1.29, 1.82) is 0 Å². The summed E-state index contributed by atoms with van der Waals surface area (Å²) < 4.78 is 0. The molecule has 1 aliphatic carbocycles. The minimum absolute atomic E-state index is 0.0473. The quantitative estimate of drug-likeness (QED) is 0.904. The Balaban J connectivity index is 1.79. The Kier molecular flexibility index (Phi) is 4.09. The van der Waals surface area contributed by atoms with E-state index in [4.69, 9.17) is 11.6 Å². The third-order valence-corrected chi connectivity index (χ3v) is 4.44. The van der Waals surface area contributed by atoms with Crippen molar-refractivity contribution >= 4 is 29.1 Å². The second kappa shape index (κ2) is 6.05. The van der Waals surface area contributed by atoms with Gasteiger partial charge in [-0.3, -0.25) is 9.59 Å². The largest absolute Gasteiger partial charge is 0.355 e. The number of carbonyl (C=O) groups is 2. The lowest BCUT2D eigenvalue weighted by Gasteiger charge is -2.16. The highest BCUT2D eigenvalue weighted by molar-refractivity contribution is 6.30. The lowest BCUT2D eigenvalue weighted by atomic mass is 9.95. The number of amides is 2. The lowest BCUT2D eigenvalue weighted by Crippen LogP contribution is -2.28. The minimum atomic E-state index is -0.479. The van der Waals surface area contributed by atoms with E-state index in [2.05, 4.69) is 10.6 Å². The fourth-order valence-electron chi connectivity index (χ4n) is 2.67. The van der Waals surface area contributed by atoms with Gasteiger partial charge in [0.15, 0.2) is 0 Å². The molecule has 0 unspecified atom stereocenters. The highest BCUT2D eigenvalue weighted by Crippen LogP contribution is 2.49. The van der Waals surface area contributed by atoms with Crippen molar-refractivity contribution in [3.63, 3.8) is 0 Å². The molecule has 1 aliphatic rings. The highest BCUT2D eigenvalue weighted by atomic mass is 35.5. The predicted octanol–water partition coefficient (Wildman–Crippen LogP) is 3.37. The zero-order valence-electron chi connectivity index (χ0n) is 12.7. The molecule has 2 aromatic rings. The van der Waals surface area contributed by atoms with Crippen molar-refractivity contribution in [1.82, 2.24) is 5.32 Å². The van der Waals surface area contributed by atoms with E-state index in [1.54, 1.807) is 43.4 Å². The zero-order chi connectivity index (χ0) is 16.4. The van der Waals surface area contributed by atoms with E-state index in [1.807, 2.05) is 12.1 Å². The van der Waals surface area contributed by atoms with Crippen LogP contribution in [0.2, 0.25) is 5.02 Å². The fraction of sp³-hybridized carbons (Fsp3) is 0.222. The number of anilines is 1. The average molecular weight is 329 g/mol. The van der Waals surface area contributed by atoms with Crippen molar-refractivity contribution in [2.45, 2.75) is 18.3 Å². The topological polar surface area (TPSA) is 58.2 Å². The molecule has 0 spiro atoms. The Morgan fingerprint density at radius 1 is 1.09 bits per heavy atom. The lowest BCUT2D eigenvalue weighted by molar-refractivity contribution is -0.118. The van der Waals surface area contributed by atoms with Crippen LogP contribution in [0.25, 0.3) is 0 Å². The van der Waals surface area contributed by atoms with Crippen LogP contribution in [0.1, 0.15) is 28.8 Å². The van der Waals surface area contributed by atoms with Gasteiger partial charge in [0.2, 0.25) is 5.91 Å². The predicted molar refractivity (Wildman–Crippen MR) is 90.8 cm³/mol. The maximum atomic E-state index is 12.7. The standard InChI is InChI=1S/C18H17ClN2O2/c1-20-16(22)12-3-2-4-15(11-12)21-17(23)18(9-10-18)13-5-7-14(19)8-6-13/h2-8,11H,9-10H2,1H3,(H,20,22)(H,21,23). The molecule has 0 atom stereocenters. The molecule has 0 radical (unpaired) electrons. The first-order valence-electron chi connectivity index (χ1n) is 7.45. The number of hydrogen-bond donors (Lipinski definition) is 2. The molecule has 3 rings (SSSR count). The second-order valence-corrected chi connectivity index (χ2v) is 6.14. The van der Waals surface area contributed by atoms with Gasteiger partial charge in [0.25, 0.3) is 5.91 Å². The average Bonchev–Trinajstić information content (AvgIpc) is 3.37. The van der Waals surface area contributed by atoms with E-state index >= 15 is 0 Å². The summed E-state index contributed by atoms with van der Waals surface area (Å²) in [7, 11) is 1.58. The van der Waals surface area contributed by atoms with Crippen molar-refractivity contribution in [2.75, 3.05) is 12.4 Å². The first-order chi connectivity index (χ1) is 11.0. The third-order valence-electron chi connectivity index (χ3n) is 4.19. The van der Waals surface area contributed by atoms with Crippen LogP contribution in [0.15, 0.2) is 48.5 Å². The monoisotopic (exact) mass is 328 g/mol. The molecular weight excluding hydrogens is 312 g/mol. The van der Waals surface area contributed by atoms with Crippen molar-refractivity contribution < 1.29 is 9.59 Å². The van der Waals surface area contributed by atoms with Crippen molar-refractivity contribution in [2.24, 2.45) is 0 Å². The number of carbonyl (C=O) groups excluding carboxylic acids is 2. The summed E-state index contributed by atoms with van der Waals surface area (Å²) in [6.45, 7) is 0. The van der Waals surface area contributed by atoms with E-state index < -0.39 is 5.41 Å². The summed E-state index contributed by atoms with van der Waals surface area (Å²) in [6.07, 6.45) is 1.63. The Morgan fingerprint density at radius 2 is 1.78 bits per heavy atom. The minimum Gasteiger partial charge on any atom is -0.355 e. The maximum absolute atomic E-state index is 12.7.